The van der Waals surface area contributed by atoms with Crippen LogP contribution in [-0.2, 0) is 6.18 Å². The van der Waals surface area contributed by atoms with Crippen molar-refractivity contribution in [2.24, 2.45) is 0 Å². The van der Waals surface area contributed by atoms with Crippen LogP contribution < -0.4 is 5.32 Å². The van der Waals surface area contributed by atoms with Crippen molar-refractivity contribution in [3.05, 3.63) is 29.8 Å². The number of alkyl halides is 3. The zero-order valence-electron chi connectivity index (χ0n) is 15.9. The standard InChI is InChI=1S/C19H28F3N3.3ClH/c20-19(21,22)16-6-8-17(9-7-16)23-10-2-4-11-24-13-14-25-12-3-1-5-18(25)15-24;;;/h6-9,18,23H,1-5,10-15H2;3*1H. The molecule has 1 aromatic carbocycles. The summed E-state index contributed by atoms with van der Waals surface area (Å²) in [6, 6.07) is 6.03. The summed E-state index contributed by atoms with van der Waals surface area (Å²) < 4.78 is 37.6. The number of fused-ring (bicyclic) bond motifs is 1. The van der Waals surface area contributed by atoms with E-state index < -0.39 is 11.7 Å². The summed E-state index contributed by atoms with van der Waals surface area (Å²) in [6.07, 6.45) is 1.96. The average molecular weight is 465 g/mol. The molecule has 9 heteroatoms. The SMILES string of the molecule is Cl.Cl.Cl.FC(F)(F)c1ccc(NCCCCN2CCN3CCCCC3C2)cc1. The van der Waals surface area contributed by atoms with E-state index in [9.17, 15) is 13.2 Å². The van der Waals surface area contributed by atoms with Gasteiger partial charge in [0.2, 0.25) is 0 Å². The number of nitrogens with one attached hydrogen (secondary N) is 1. The normalized spacial score (nSPS) is 20.2. The van der Waals surface area contributed by atoms with Gasteiger partial charge in [-0.2, -0.15) is 13.2 Å². The van der Waals surface area contributed by atoms with Crippen LogP contribution in [0.25, 0.3) is 0 Å². The van der Waals surface area contributed by atoms with E-state index >= 15 is 0 Å². The highest BCUT2D eigenvalue weighted by Gasteiger charge is 2.30. The van der Waals surface area contributed by atoms with Crippen molar-refractivity contribution in [1.82, 2.24) is 9.80 Å². The largest absolute Gasteiger partial charge is 0.416 e. The lowest BCUT2D eigenvalue weighted by molar-refractivity contribution is -0.137. The maximum atomic E-state index is 12.5. The Bertz CT molecular complexity index is 543. The number of rotatable bonds is 6. The van der Waals surface area contributed by atoms with Crippen molar-refractivity contribution < 1.29 is 13.2 Å². The Morgan fingerprint density at radius 1 is 0.929 bits per heavy atom. The molecule has 0 spiro atoms. The lowest BCUT2D eigenvalue weighted by atomic mass is 9.99. The Balaban J connectivity index is 0.00000243. The summed E-state index contributed by atoms with van der Waals surface area (Å²) >= 11 is 0. The number of halogens is 6. The van der Waals surface area contributed by atoms with Gasteiger partial charge in [-0.25, -0.2) is 0 Å². The number of nitrogens with zero attached hydrogens (tertiary/aromatic N) is 2. The zero-order chi connectivity index (χ0) is 17.7. The number of piperazine rings is 1. The Morgan fingerprint density at radius 2 is 1.64 bits per heavy atom. The third-order valence-corrected chi connectivity index (χ3v) is 5.36. The van der Waals surface area contributed by atoms with Crippen LogP contribution in [0.4, 0.5) is 18.9 Å². The number of unbranched alkanes of at least 4 members (excludes halogenated alkanes) is 1. The van der Waals surface area contributed by atoms with Crippen LogP contribution in [0.1, 0.15) is 37.7 Å². The predicted octanol–water partition coefficient (Wildman–Crippen LogP) is 5.33. The lowest BCUT2D eigenvalue weighted by Gasteiger charge is -2.44. The van der Waals surface area contributed by atoms with Gasteiger partial charge in [0.25, 0.3) is 0 Å². The minimum Gasteiger partial charge on any atom is -0.385 e. The van der Waals surface area contributed by atoms with Gasteiger partial charge in [-0.3, -0.25) is 4.90 Å². The zero-order valence-corrected chi connectivity index (χ0v) is 18.4. The third kappa shape index (κ3) is 8.15. The number of piperidine rings is 1. The molecule has 28 heavy (non-hydrogen) atoms. The summed E-state index contributed by atoms with van der Waals surface area (Å²) in [5, 5.41) is 3.21. The van der Waals surface area contributed by atoms with Crippen molar-refractivity contribution in [1.29, 1.82) is 0 Å². The smallest absolute Gasteiger partial charge is 0.385 e. The monoisotopic (exact) mass is 463 g/mol. The van der Waals surface area contributed by atoms with Crippen LogP contribution >= 0.6 is 37.2 Å². The fourth-order valence-electron chi connectivity index (χ4n) is 3.89. The summed E-state index contributed by atoms with van der Waals surface area (Å²) in [6.45, 7) is 6.77. The molecule has 0 aromatic heterocycles. The predicted molar refractivity (Wildman–Crippen MR) is 117 cm³/mol. The Kier molecular flexibility index (Phi) is 12.8. The first-order valence-corrected chi connectivity index (χ1v) is 9.40. The Labute approximate surface area is 184 Å². The first-order chi connectivity index (χ1) is 12.0. The first kappa shape index (κ1) is 27.6. The molecule has 0 bridgehead atoms. The van der Waals surface area contributed by atoms with Crippen molar-refractivity contribution in [3.63, 3.8) is 0 Å². The van der Waals surface area contributed by atoms with E-state index in [-0.39, 0.29) is 37.2 Å². The number of benzene rings is 1. The second-order valence-electron chi connectivity index (χ2n) is 7.20. The van der Waals surface area contributed by atoms with Gasteiger partial charge in [0.15, 0.2) is 0 Å². The van der Waals surface area contributed by atoms with E-state index in [1.165, 1.54) is 57.6 Å². The third-order valence-electron chi connectivity index (χ3n) is 5.36. The minimum absolute atomic E-state index is 0. The van der Waals surface area contributed by atoms with Crippen molar-refractivity contribution in [2.45, 2.75) is 44.3 Å². The van der Waals surface area contributed by atoms with Gasteiger partial charge in [-0.1, -0.05) is 6.42 Å². The molecular formula is C19H31Cl3F3N3. The van der Waals surface area contributed by atoms with E-state index in [2.05, 4.69) is 15.1 Å². The van der Waals surface area contributed by atoms with Crippen LogP contribution in [0.3, 0.4) is 0 Å². The average Bonchev–Trinajstić information content (AvgIpc) is 2.61. The highest BCUT2D eigenvalue weighted by atomic mass is 35.5. The van der Waals surface area contributed by atoms with Gasteiger partial charge in [-0.05, 0) is 63.0 Å². The summed E-state index contributed by atoms with van der Waals surface area (Å²) in [7, 11) is 0. The molecular weight excluding hydrogens is 434 g/mol. The molecule has 1 unspecified atom stereocenters. The van der Waals surface area contributed by atoms with Gasteiger partial charge in [0.05, 0.1) is 5.56 Å². The van der Waals surface area contributed by atoms with E-state index in [1.54, 1.807) is 0 Å². The van der Waals surface area contributed by atoms with E-state index in [4.69, 9.17) is 0 Å². The molecule has 2 saturated heterocycles. The maximum absolute atomic E-state index is 12.5. The van der Waals surface area contributed by atoms with Crippen molar-refractivity contribution >= 4 is 42.9 Å². The second-order valence-corrected chi connectivity index (χ2v) is 7.20. The lowest BCUT2D eigenvalue weighted by Crippen LogP contribution is -2.54. The fourth-order valence-corrected chi connectivity index (χ4v) is 3.89. The van der Waals surface area contributed by atoms with E-state index in [0.717, 1.165) is 49.8 Å². The van der Waals surface area contributed by atoms with E-state index in [0.29, 0.717) is 0 Å². The molecule has 2 heterocycles. The summed E-state index contributed by atoms with van der Waals surface area (Å²) in [4.78, 5) is 5.22. The van der Waals surface area contributed by atoms with Gasteiger partial charge < -0.3 is 10.2 Å². The molecule has 164 valence electrons. The summed E-state index contributed by atoms with van der Waals surface area (Å²) in [5.74, 6) is 0. The molecule has 0 saturated carbocycles. The topological polar surface area (TPSA) is 18.5 Å². The molecule has 3 rings (SSSR count). The van der Waals surface area contributed by atoms with Crippen LogP contribution in [0, 0.1) is 0 Å². The van der Waals surface area contributed by atoms with E-state index in [1.807, 2.05) is 0 Å². The quantitative estimate of drug-likeness (QED) is 0.574. The Morgan fingerprint density at radius 3 is 2.32 bits per heavy atom. The molecule has 1 atom stereocenters. The van der Waals surface area contributed by atoms with Crippen LogP contribution in [0.2, 0.25) is 0 Å². The number of anilines is 1. The van der Waals surface area contributed by atoms with Gasteiger partial charge in [-0.15, -0.1) is 37.2 Å². The van der Waals surface area contributed by atoms with Gasteiger partial charge >= 0.3 is 6.18 Å². The molecule has 2 fully saturated rings. The van der Waals surface area contributed by atoms with Gasteiger partial charge in [0, 0.05) is 37.9 Å². The highest BCUT2D eigenvalue weighted by Crippen LogP contribution is 2.29. The molecule has 0 radical (unpaired) electrons. The van der Waals surface area contributed by atoms with Crippen LogP contribution in [-0.4, -0.2) is 55.1 Å². The molecule has 2 aliphatic rings. The molecule has 0 amide bonds. The molecule has 2 aliphatic heterocycles. The van der Waals surface area contributed by atoms with Gasteiger partial charge in [0.1, 0.15) is 0 Å². The molecule has 3 nitrogen and oxygen atoms in total. The number of hydrogen-bond acceptors (Lipinski definition) is 3. The first-order valence-electron chi connectivity index (χ1n) is 9.40. The second kappa shape index (κ2) is 13.0. The van der Waals surface area contributed by atoms with Crippen molar-refractivity contribution in [2.75, 3.05) is 44.6 Å². The summed E-state index contributed by atoms with van der Waals surface area (Å²) in [5.41, 5.74) is 0.156. The minimum atomic E-state index is -4.26. The molecule has 0 aliphatic carbocycles. The maximum Gasteiger partial charge on any atom is 0.416 e. The van der Waals surface area contributed by atoms with Crippen molar-refractivity contribution in [3.8, 4) is 0 Å². The molecule has 1 N–H and O–H groups in total. The fraction of sp³-hybridized carbons (Fsp3) is 0.684. The van der Waals surface area contributed by atoms with Crippen LogP contribution in [0.15, 0.2) is 24.3 Å². The number of hydrogen-bond donors (Lipinski definition) is 1. The highest BCUT2D eigenvalue weighted by molar-refractivity contribution is 5.86. The van der Waals surface area contributed by atoms with Crippen LogP contribution in [0.5, 0.6) is 0 Å². The molecule has 1 aromatic rings. The Hall–Kier alpha value is -0.400.